The normalized spacial score (nSPS) is 27.2. The van der Waals surface area contributed by atoms with E-state index in [1.165, 1.54) is 14.2 Å². The Morgan fingerprint density at radius 1 is 1.12 bits per heavy atom. The van der Waals surface area contributed by atoms with Crippen LogP contribution < -0.4 is 0 Å². The number of hydrogen-bond acceptors (Lipinski definition) is 6. The highest BCUT2D eigenvalue weighted by Crippen LogP contribution is 2.55. The molecule has 26 heavy (non-hydrogen) atoms. The Morgan fingerprint density at radius 2 is 1.81 bits per heavy atom. The lowest BCUT2D eigenvalue weighted by atomic mass is 9.56. The van der Waals surface area contributed by atoms with E-state index < -0.39 is 29.4 Å². The first-order valence-corrected chi connectivity index (χ1v) is 8.47. The predicted octanol–water partition coefficient (Wildman–Crippen LogP) is 2.42. The summed E-state index contributed by atoms with van der Waals surface area (Å²) in [6.07, 6.45) is 0.0184. The number of methoxy groups -OCH3 is 3. The molecule has 1 aliphatic heterocycles. The van der Waals surface area contributed by atoms with Crippen molar-refractivity contribution in [2.75, 3.05) is 21.3 Å². The van der Waals surface area contributed by atoms with Crippen LogP contribution in [0.2, 0.25) is 0 Å². The summed E-state index contributed by atoms with van der Waals surface area (Å²) in [5.41, 5.74) is 2.23. The molecule has 0 saturated heterocycles. The van der Waals surface area contributed by atoms with Gasteiger partial charge in [0.2, 0.25) is 0 Å². The van der Waals surface area contributed by atoms with Crippen LogP contribution in [0.15, 0.2) is 40.5 Å². The summed E-state index contributed by atoms with van der Waals surface area (Å²) >= 11 is 0. The standard InChI is InChI=1S/C20H23NO5/c1-11-16(18(22)25-4)17-14-9-7-6-8-13(14)10-15(24-3)20(17,12(2)21-11)19(23)26-5/h6-9,15,17H,10H2,1-5H3/t15-,17+,20-/m1/s1. The van der Waals surface area contributed by atoms with Crippen molar-refractivity contribution in [1.29, 1.82) is 0 Å². The second kappa shape index (κ2) is 6.68. The minimum Gasteiger partial charge on any atom is -0.468 e. The van der Waals surface area contributed by atoms with Crippen molar-refractivity contribution in [3.63, 3.8) is 0 Å². The molecule has 6 nitrogen and oxygen atoms in total. The monoisotopic (exact) mass is 357 g/mol. The summed E-state index contributed by atoms with van der Waals surface area (Å²) in [6.45, 7) is 3.55. The molecule has 0 spiro atoms. The van der Waals surface area contributed by atoms with Gasteiger partial charge in [0, 0.05) is 30.9 Å². The first-order valence-electron chi connectivity index (χ1n) is 8.47. The molecule has 0 unspecified atom stereocenters. The van der Waals surface area contributed by atoms with Crippen molar-refractivity contribution in [3.05, 3.63) is 46.7 Å². The molecule has 3 rings (SSSR count). The highest BCUT2D eigenvalue weighted by atomic mass is 16.5. The molecule has 1 aromatic carbocycles. The van der Waals surface area contributed by atoms with Crippen LogP contribution in [0.3, 0.4) is 0 Å². The molecule has 0 amide bonds. The highest BCUT2D eigenvalue weighted by Gasteiger charge is 2.62. The molecule has 0 fully saturated rings. The summed E-state index contributed by atoms with van der Waals surface area (Å²) in [7, 11) is 4.24. The molecule has 1 heterocycles. The van der Waals surface area contributed by atoms with Gasteiger partial charge in [0.25, 0.3) is 0 Å². The second-order valence-electron chi connectivity index (χ2n) is 6.61. The van der Waals surface area contributed by atoms with Crippen LogP contribution in [0.25, 0.3) is 0 Å². The largest absolute Gasteiger partial charge is 0.468 e. The zero-order valence-electron chi connectivity index (χ0n) is 15.7. The van der Waals surface area contributed by atoms with Crippen LogP contribution >= 0.6 is 0 Å². The van der Waals surface area contributed by atoms with Crippen LogP contribution in [-0.4, -0.2) is 45.1 Å². The number of fused-ring (bicyclic) bond motifs is 3. The van der Waals surface area contributed by atoms with E-state index in [0.717, 1.165) is 11.1 Å². The number of carbonyl (C=O) groups is 2. The van der Waals surface area contributed by atoms with Crippen molar-refractivity contribution >= 4 is 17.7 Å². The summed E-state index contributed by atoms with van der Waals surface area (Å²) < 4.78 is 16.0. The summed E-state index contributed by atoms with van der Waals surface area (Å²) in [6, 6.07) is 7.78. The molecule has 0 saturated carbocycles. The number of esters is 2. The zero-order chi connectivity index (χ0) is 19.1. The maximum atomic E-state index is 13.1. The Balaban J connectivity index is 2.40. The lowest BCUT2D eigenvalue weighted by molar-refractivity contribution is -0.158. The number of benzene rings is 1. The first kappa shape index (κ1) is 18.3. The topological polar surface area (TPSA) is 74.2 Å². The van der Waals surface area contributed by atoms with Gasteiger partial charge in [-0.15, -0.1) is 0 Å². The third-order valence-electron chi connectivity index (χ3n) is 5.56. The predicted molar refractivity (Wildman–Crippen MR) is 96.0 cm³/mol. The minimum absolute atomic E-state index is 0.373. The molecule has 138 valence electrons. The quantitative estimate of drug-likeness (QED) is 0.777. The third-order valence-corrected chi connectivity index (χ3v) is 5.56. The number of allylic oxidation sites excluding steroid dienone is 1. The summed E-state index contributed by atoms with van der Waals surface area (Å²) in [5, 5.41) is 0. The molecule has 0 N–H and O–H groups in total. The minimum atomic E-state index is -1.21. The van der Waals surface area contributed by atoms with E-state index in [4.69, 9.17) is 14.2 Å². The summed E-state index contributed by atoms with van der Waals surface area (Å²) in [5.74, 6) is -1.53. The van der Waals surface area contributed by atoms with E-state index >= 15 is 0 Å². The maximum Gasteiger partial charge on any atom is 0.336 e. The first-order chi connectivity index (χ1) is 12.4. The highest BCUT2D eigenvalue weighted by molar-refractivity contribution is 6.12. The number of rotatable bonds is 3. The number of nitrogens with zero attached hydrogens (tertiary/aromatic N) is 1. The fourth-order valence-electron chi connectivity index (χ4n) is 4.44. The lowest BCUT2D eigenvalue weighted by Crippen LogP contribution is -2.58. The van der Waals surface area contributed by atoms with E-state index in [9.17, 15) is 9.59 Å². The molecular formula is C20H23NO5. The average Bonchev–Trinajstić information content (AvgIpc) is 2.66. The molecule has 1 aliphatic carbocycles. The van der Waals surface area contributed by atoms with Crippen LogP contribution in [0, 0.1) is 5.41 Å². The molecule has 0 aromatic heterocycles. The second-order valence-corrected chi connectivity index (χ2v) is 6.61. The van der Waals surface area contributed by atoms with Gasteiger partial charge in [-0.1, -0.05) is 24.3 Å². The summed E-state index contributed by atoms with van der Waals surface area (Å²) in [4.78, 5) is 30.3. The van der Waals surface area contributed by atoms with E-state index in [1.54, 1.807) is 21.0 Å². The lowest BCUT2D eigenvalue weighted by Gasteiger charge is -2.49. The van der Waals surface area contributed by atoms with Gasteiger partial charge in [0.1, 0.15) is 5.41 Å². The van der Waals surface area contributed by atoms with Crippen molar-refractivity contribution < 1.29 is 23.8 Å². The van der Waals surface area contributed by atoms with Crippen molar-refractivity contribution in [2.24, 2.45) is 10.4 Å². The van der Waals surface area contributed by atoms with E-state index in [-0.39, 0.29) is 0 Å². The number of ether oxygens (including phenoxy) is 3. The number of aliphatic imine (C=N–C) groups is 1. The molecule has 1 aromatic rings. The SMILES string of the molecule is COC(=O)C1=C(C)N=C(C)[C@]2(C(=O)OC)[C@H]1c1ccccc1C[C@H]2OC. The van der Waals surface area contributed by atoms with Crippen molar-refractivity contribution in [3.8, 4) is 0 Å². The van der Waals surface area contributed by atoms with Crippen LogP contribution in [0.4, 0.5) is 0 Å². The fraction of sp³-hybridized carbons (Fsp3) is 0.450. The van der Waals surface area contributed by atoms with Gasteiger partial charge >= 0.3 is 11.9 Å². The van der Waals surface area contributed by atoms with Gasteiger partial charge in [-0.05, 0) is 25.0 Å². The van der Waals surface area contributed by atoms with Gasteiger partial charge in [0.15, 0.2) is 0 Å². The Labute approximate surface area is 152 Å². The Hall–Kier alpha value is -2.47. The van der Waals surface area contributed by atoms with Crippen LogP contribution in [-0.2, 0) is 30.2 Å². The fourth-order valence-corrected chi connectivity index (χ4v) is 4.44. The number of hydrogen-bond donors (Lipinski definition) is 0. The molecule has 0 bridgehead atoms. The van der Waals surface area contributed by atoms with Crippen molar-refractivity contribution in [2.45, 2.75) is 32.3 Å². The van der Waals surface area contributed by atoms with Gasteiger partial charge in [-0.2, -0.15) is 0 Å². The van der Waals surface area contributed by atoms with Crippen LogP contribution in [0.5, 0.6) is 0 Å². The van der Waals surface area contributed by atoms with Crippen molar-refractivity contribution in [1.82, 2.24) is 0 Å². The third kappa shape index (κ3) is 2.32. The molecule has 2 aliphatic rings. The zero-order valence-corrected chi connectivity index (χ0v) is 15.7. The van der Waals surface area contributed by atoms with Crippen LogP contribution in [0.1, 0.15) is 30.9 Å². The molecular weight excluding hydrogens is 334 g/mol. The van der Waals surface area contributed by atoms with E-state index in [2.05, 4.69) is 4.99 Å². The van der Waals surface area contributed by atoms with Gasteiger partial charge in [0.05, 0.1) is 25.9 Å². The molecule has 0 radical (unpaired) electrons. The number of carbonyl (C=O) groups excluding carboxylic acids is 2. The van der Waals surface area contributed by atoms with Gasteiger partial charge in [-0.25, -0.2) is 4.79 Å². The Kier molecular flexibility index (Phi) is 4.71. The van der Waals surface area contributed by atoms with E-state index in [0.29, 0.717) is 23.4 Å². The van der Waals surface area contributed by atoms with E-state index in [1.807, 2.05) is 24.3 Å². The smallest absolute Gasteiger partial charge is 0.336 e. The van der Waals surface area contributed by atoms with Gasteiger partial charge in [-0.3, -0.25) is 9.79 Å². The molecule has 3 atom stereocenters. The Bertz CT molecular complexity index is 825. The van der Waals surface area contributed by atoms with Gasteiger partial charge < -0.3 is 14.2 Å². The average molecular weight is 357 g/mol. The Morgan fingerprint density at radius 3 is 2.42 bits per heavy atom. The maximum absolute atomic E-state index is 13.1. The molecule has 6 heteroatoms.